The first-order chi connectivity index (χ1) is 10.9. The van der Waals surface area contributed by atoms with Gasteiger partial charge in [-0.3, -0.25) is 24.5 Å². The van der Waals surface area contributed by atoms with Crippen LogP contribution in [0.25, 0.3) is 11.0 Å². The monoisotopic (exact) mass is 401 g/mol. The molecule has 0 aliphatic carbocycles. The smallest absolute Gasteiger partial charge is 0.314 e. The number of nitrogens with zero attached hydrogens (tertiary/aromatic N) is 1. The van der Waals surface area contributed by atoms with E-state index in [0.29, 0.717) is 24.2 Å². The van der Waals surface area contributed by atoms with Gasteiger partial charge in [0.25, 0.3) is 5.69 Å². The Morgan fingerprint density at radius 1 is 1.21 bits per heavy atom. The van der Waals surface area contributed by atoms with Crippen molar-refractivity contribution in [1.82, 2.24) is 20.6 Å². The van der Waals surface area contributed by atoms with E-state index in [-0.39, 0.29) is 40.6 Å². The first-order valence-electron chi connectivity index (χ1n) is 6.77. The van der Waals surface area contributed by atoms with E-state index in [1.807, 2.05) is 0 Å². The number of non-ortho nitro benzene ring substituents is 1. The summed E-state index contributed by atoms with van der Waals surface area (Å²) in [5.41, 5.74) is -0.924. The Morgan fingerprint density at radius 2 is 1.88 bits per heavy atom. The maximum atomic E-state index is 11.5. The molecule has 0 spiro atoms. The summed E-state index contributed by atoms with van der Waals surface area (Å²) in [4.78, 5) is 48.7. The molecule has 4 N–H and O–H groups in total. The highest BCUT2D eigenvalue weighted by Crippen LogP contribution is 2.21. The van der Waals surface area contributed by atoms with Crippen LogP contribution in [-0.2, 0) is 11.3 Å². The number of carbonyl (C=O) groups is 1. The van der Waals surface area contributed by atoms with Crippen LogP contribution in [0, 0.1) is 10.1 Å². The van der Waals surface area contributed by atoms with Crippen LogP contribution in [0.4, 0.5) is 5.69 Å². The lowest BCUT2D eigenvalue weighted by molar-refractivity contribution is -0.384. The molecule has 0 saturated carbocycles. The van der Waals surface area contributed by atoms with Crippen molar-refractivity contribution in [3.8, 4) is 0 Å². The van der Waals surface area contributed by atoms with Crippen molar-refractivity contribution in [2.75, 3.05) is 13.1 Å². The summed E-state index contributed by atoms with van der Waals surface area (Å²) in [5, 5.41) is 16.6. The lowest BCUT2D eigenvalue weighted by atomic mass is 10.1. The molecule has 1 amide bonds. The summed E-state index contributed by atoms with van der Waals surface area (Å²) in [6.45, 7) is 2.46. The van der Waals surface area contributed by atoms with Gasteiger partial charge >= 0.3 is 11.1 Å². The highest BCUT2D eigenvalue weighted by molar-refractivity contribution is 8.93. The van der Waals surface area contributed by atoms with Crippen LogP contribution in [0.15, 0.2) is 21.7 Å². The number of hydrogen-bond acceptors (Lipinski definition) is 6. The first-order valence-corrected chi connectivity index (χ1v) is 6.77. The van der Waals surface area contributed by atoms with Gasteiger partial charge in [-0.15, -0.1) is 17.0 Å². The topological polar surface area (TPSA) is 150 Å². The van der Waals surface area contributed by atoms with E-state index in [9.17, 15) is 24.5 Å². The second-order valence-electron chi connectivity index (χ2n) is 4.85. The molecule has 0 atom stereocenters. The second kappa shape index (κ2) is 8.36. The summed E-state index contributed by atoms with van der Waals surface area (Å²) in [7, 11) is 0. The van der Waals surface area contributed by atoms with E-state index < -0.39 is 16.0 Å². The van der Waals surface area contributed by atoms with Crippen molar-refractivity contribution in [1.29, 1.82) is 0 Å². The SMILES string of the molecule is Br.CC(=O)NCCNCc1cc([N+](=O)[O-])cc2[nH]c(=O)c(=O)[nH]c12. The zero-order valence-corrected chi connectivity index (χ0v) is 14.4. The molecule has 0 aliphatic heterocycles. The van der Waals surface area contributed by atoms with Gasteiger partial charge in [-0.2, -0.15) is 0 Å². The number of aromatic amines is 2. The highest BCUT2D eigenvalue weighted by atomic mass is 79.9. The van der Waals surface area contributed by atoms with E-state index >= 15 is 0 Å². The fourth-order valence-electron chi connectivity index (χ4n) is 2.08. The maximum absolute atomic E-state index is 11.5. The minimum absolute atomic E-state index is 0. The average molecular weight is 402 g/mol. The molecule has 2 aromatic rings. The number of benzene rings is 1. The molecule has 1 aromatic heterocycles. The van der Waals surface area contributed by atoms with E-state index in [0.717, 1.165) is 0 Å². The molecule has 11 heteroatoms. The van der Waals surface area contributed by atoms with Crippen molar-refractivity contribution in [3.05, 3.63) is 48.5 Å². The molecule has 0 bridgehead atoms. The van der Waals surface area contributed by atoms with Gasteiger partial charge in [0.15, 0.2) is 0 Å². The van der Waals surface area contributed by atoms with Gasteiger partial charge in [0.05, 0.1) is 16.0 Å². The van der Waals surface area contributed by atoms with Gasteiger partial charge in [0, 0.05) is 38.7 Å². The third kappa shape index (κ3) is 4.73. The number of fused-ring (bicyclic) bond motifs is 1. The molecule has 10 nitrogen and oxygen atoms in total. The van der Waals surface area contributed by atoms with Crippen molar-refractivity contribution in [2.24, 2.45) is 0 Å². The molecule has 0 aliphatic rings. The minimum Gasteiger partial charge on any atom is -0.355 e. The van der Waals surface area contributed by atoms with E-state index in [1.54, 1.807) is 0 Å². The Bertz CT molecular complexity index is 875. The number of hydrogen-bond donors (Lipinski definition) is 4. The number of carbonyl (C=O) groups excluding carboxylic acids is 1. The predicted molar refractivity (Wildman–Crippen MR) is 92.6 cm³/mol. The highest BCUT2D eigenvalue weighted by Gasteiger charge is 2.13. The van der Waals surface area contributed by atoms with Crippen LogP contribution < -0.4 is 21.8 Å². The fraction of sp³-hybridized carbons (Fsp3) is 0.308. The molecule has 24 heavy (non-hydrogen) atoms. The number of rotatable bonds is 6. The average Bonchev–Trinajstić information content (AvgIpc) is 2.47. The molecule has 0 fully saturated rings. The second-order valence-corrected chi connectivity index (χ2v) is 4.85. The molecular weight excluding hydrogens is 386 g/mol. The van der Waals surface area contributed by atoms with Crippen molar-refractivity contribution in [2.45, 2.75) is 13.5 Å². The van der Waals surface area contributed by atoms with Gasteiger partial charge in [0.2, 0.25) is 5.91 Å². The van der Waals surface area contributed by atoms with Crippen molar-refractivity contribution >= 4 is 39.6 Å². The molecule has 0 radical (unpaired) electrons. The van der Waals surface area contributed by atoms with E-state index in [2.05, 4.69) is 20.6 Å². The van der Waals surface area contributed by atoms with Gasteiger partial charge in [-0.1, -0.05) is 0 Å². The first kappa shape index (κ1) is 19.5. The third-order valence-electron chi connectivity index (χ3n) is 3.10. The van der Waals surface area contributed by atoms with Gasteiger partial charge in [-0.25, -0.2) is 0 Å². The summed E-state index contributed by atoms with van der Waals surface area (Å²) in [5.74, 6) is -0.158. The summed E-state index contributed by atoms with van der Waals surface area (Å²) in [6, 6.07) is 2.51. The van der Waals surface area contributed by atoms with Crippen molar-refractivity contribution < 1.29 is 9.72 Å². The van der Waals surface area contributed by atoms with Gasteiger partial charge in [-0.05, 0) is 5.56 Å². The number of nitro groups is 1. The number of H-pyrrole nitrogens is 2. The Kier molecular flexibility index (Phi) is 6.80. The third-order valence-corrected chi connectivity index (χ3v) is 3.10. The molecule has 0 saturated heterocycles. The molecule has 130 valence electrons. The Hall–Kier alpha value is -2.53. The van der Waals surface area contributed by atoms with Crippen LogP contribution in [0.2, 0.25) is 0 Å². The zero-order chi connectivity index (χ0) is 17.0. The van der Waals surface area contributed by atoms with Crippen LogP contribution in [0.1, 0.15) is 12.5 Å². The quantitative estimate of drug-likeness (QED) is 0.230. The predicted octanol–water partition coefficient (Wildman–Crippen LogP) is -0.0718. The lowest BCUT2D eigenvalue weighted by Crippen LogP contribution is -2.31. The molecule has 0 unspecified atom stereocenters. The number of halogens is 1. The van der Waals surface area contributed by atoms with Gasteiger partial charge < -0.3 is 20.6 Å². The van der Waals surface area contributed by atoms with E-state index in [4.69, 9.17) is 0 Å². The zero-order valence-electron chi connectivity index (χ0n) is 12.7. The fourth-order valence-corrected chi connectivity index (χ4v) is 2.08. The van der Waals surface area contributed by atoms with Crippen molar-refractivity contribution in [3.63, 3.8) is 0 Å². The number of nitro benzene ring substituents is 1. The number of amides is 1. The molecule has 1 heterocycles. The standard InChI is InChI=1S/C13H15N5O5.BrH/c1-7(19)15-3-2-14-6-8-4-9(18(22)23)5-10-11(8)17-13(21)12(20)16-10;/h4-5,14H,2-3,6H2,1H3,(H,15,19)(H,16,20)(H,17,21);1H. The van der Waals surface area contributed by atoms with E-state index in [1.165, 1.54) is 19.1 Å². The Labute approximate surface area is 145 Å². The summed E-state index contributed by atoms with van der Waals surface area (Å²) < 4.78 is 0. The van der Waals surface area contributed by atoms with Crippen LogP contribution >= 0.6 is 17.0 Å². The Balaban J connectivity index is 0.00000288. The minimum atomic E-state index is -0.873. The van der Waals surface area contributed by atoms with Crippen LogP contribution in [0.5, 0.6) is 0 Å². The molecule has 2 rings (SSSR count). The molecule has 1 aromatic carbocycles. The lowest BCUT2D eigenvalue weighted by Gasteiger charge is -2.08. The largest absolute Gasteiger partial charge is 0.355 e. The molecular formula is C13H16BrN5O5. The van der Waals surface area contributed by atoms with Crippen LogP contribution in [-0.4, -0.2) is 33.9 Å². The summed E-state index contributed by atoms with van der Waals surface area (Å²) in [6.07, 6.45) is 0. The maximum Gasteiger partial charge on any atom is 0.314 e. The normalized spacial score (nSPS) is 10.2. The van der Waals surface area contributed by atoms with Crippen LogP contribution in [0.3, 0.4) is 0 Å². The van der Waals surface area contributed by atoms with Gasteiger partial charge in [0.1, 0.15) is 0 Å². The summed E-state index contributed by atoms with van der Waals surface area (Å²) >= 11 is 0. The number of aromatic nitrogens is 2. The Morgan fingerprint density at radius 3 is 2.50 bits per heavy atom. The number of nitrogens with one attached hydrogen (secondary N) is 4.